The second kappa shape index (κ2) is 8.04. The number of ether oxygens (including phenoxy) is 2. The van der Waals surface area contributed by atoms with Crippen LogP contribution in [-0.4, -0.2) is 44.3 Å². The lowest BCUT2D eigenvalue weighted by Crippen LogP contribution is -2.16. The maximum Gasteiger partial charge on any atom is 0.197 e. The van der Waals surface area contributed by atoms with Crippen LogP contribution < -0.4 is 9.47 Å². The van der Waals surface area contributed by atoms with Crippen LogP contribution in [0.4, 0.5) is 0 Å². The number of carbonyl (C=O) groups is 1. The van der Waals surface area contributed by atoms with E-state index in [9.17, 15) is 4.79 Å². The van der Waals surface area contributed by atoms with Gasteiger partial charge in [-0.2, -0.15) is 0 Å². The molecular weight excluding hydrogens is 444 g/mol. The molecule has 0 saturated heterocycles. The highest BCUT2D eigenvalue weighted by atomic mass is 32.2. The minimum atomic E-state index is 0.0173. The summed E-state index contributed by atoms with van der Waals surface area (Å²) in [5, 5.41) is 10.9. The molecule has 1 aromatic carbocycles. The van der Waals surface area contributed by atoms with Crippen molar-refractivity contribution in [3.05, 3.63) is 40.0 Å². The van der Waals surface area contributed by atoms with Gasteiger partial charge in [0, 0.05) is 16.9 Å². The summed E-state index contributed by atoms with van der Waals surface area (Å²) < 4.78 is 13.2. The van der Waals surface area contributed by atoms with Crippen molar-refractivity contribution in [1.29, 1.82) is 0 Å². The molecule has 0 saturated carbocycles. The van der Waals surface area contributed by atoms with E-state index in [4.69, 9.17) is 14.5 Å². The van der Waals surface area contributed by atoms with Gasteiger partial charge in [0.1, 0.15) is 23.9 Å². The number of ketones is 1. The third-order valence-electron chi connectivity index (χ3n) is 6.01. The number of aryl methyl sites for hydroxylation is 3. The Morgan fingerprint density at radius 2 is 2.00 bits per heavy atom. The van der Waals surface area contributed by atoms with Gasteiger partial charge in [0.15, 0.2) is 28.1 Å². The standard InChI is InChI=1S/C23H22N4O3S2/c1-2-19-24-22-20(14-5-3-4-6-18(14)32-22)21-25-26-23(27(19)21)31-12-15(28)13-7-8-16-17(11-13)30-10-9-29-16/h7-8,11H,2-6,9-10,12H2,1H3. The molecule has 6 rings (SSSR count). The fourth-order valence-electron chi connectivity index (χ4n) is 4.45. The van der Waals surface area contributed by atoms with Crippen molar-refractivity contribution in [2.75, 3.05) is 19.0 Å². The van der Waals surface area contributed by atoms with Gasteiger partial charge in [-0.15, -0.1) is 21.5 Å². The summed E-state index contributed by atoms with van der Waals surface area (Å²) in [6.45, 7) is 3.12. The Bertz CT molecular complexity index is 1360. The zero-order valence-electron chi connectivity index (χ0n) is 17.7. The van der Waals surface area contributed by atoms with Crippen molar-refractivity contribution in [1.82, 2.24) is 19.6 Å². The zero-order valence-corrected chi connectivity index (χ0v) is 19.4. The molecule has 0 unspecified atom stereocenters. The van der Waals surface area contributed by atoms with Gasteiger partial charge >= 0.3 is 0 Å². The van der Waals surface area contributed by atoms with Crippen LogP contribution in [0.5, 0.6) is 11.5 Å². The Morgan fingerprint density at radius 3 is 2.88 bits per heavy atom. The SMILES string of the molecule is CCc1nc2sc3c(c2c2nnc(SCC(=O)c4ccc5c(c4)OCCO5)n12)CCCC3. The topological polar surface area (TPSA) is 78.6 Å². The van der Waals surface area contributed by atoms with E-state index in [1.165, 1.54) is 35.0 Å². The summed E-state index contributed by atoms with van der Waals surface area (Å²) in [6.07, 6.45) is 5.43. The first-order chi connectivity index (χ1) is 15.7. The molecule has 0 fully saturated rings. The van der Waals surface area contributed by atoms with Crippen LogP contribution in [0.1, 0.15) is 46.4 Å². The maximum absolute atomic E-state index is 12.9. The predicted octanol–water partition coefficient (Wildman–Crippen LogP) is 4.53. The van der Waals surface area contributed by atoms with Gasteiger partial charge in [-0.25, -0.2) is 4.98 Å². The summed E-state index contributed by atoms with van der Waals surface area (Å²) >= 11 is 3.21. The first kappa shape index (κ1) is 20.0. The van der Waals surface area contributed by atoms with Crippen molar-refractivity contribution in [2.24, 2.45) is 0 Å². The number of fused-ring (bicyclic) bond motifs is 6. The number of hydrogen-bond acceptors (Lipinski definition) is 8. The Hall–Kier alpha value is -2.65. The molecule has 0 spiro atoms. The summed E-state index contributed by atoms with van der Waals surface area (Å²) in [7, 11) is 0. The normalized spacial score (nSPS) is 15.3. The summed E-state index contributed by atoms with van der Waals surface area (Å²) in [4.78, 5) is 20.4. The summed E-state index contributed by atoms with van der Waals surface area (Å²) in [6, 6.07) is 5.35. The molecule has 0 atom stereocenters. The molecule has 0 N–H and O–H groups in total. The average Bonchev–Trinajstić information content (AvgIpc) is 3.42. The monoisotopic (exact) mass is 466 g/mol. The number of thioether (sulfide) groups is 1. The van der Waals surface area contributed by atoms with Crippen LogP contribution in [0.25, 0.3) is 15.9 Å². The molecule has 4 aromatic rings. The molecule has 2 aliphatic rings. The fraction of sp³-hybridized carbons (Fsp3) is 0.391. The number of hydrogen-bond donors (Lipinski definition) is 0. The van der Waals surface area contributed by atoms with Crippen LogP contribution >= 0.6 is 23.1 Å². The summed E-state index contributed by atoms with van der Waals surface area (Å²) in [5.41, 5.74) is 2.88. The van der Waals surface area contributed by atoms with Crippen molar-refractivity contribution in [3.63, 3.8) is 0 Å². The molecule has 32 heavy (non-hydrogen) atoms. The minimum absolute atomic E-state index is 0.0173. The number of nitrogens with zero attached hydrogens (tertiary/aromatic N) is 4. The molecule has 1 aliphatic carbocycles. The van der Waals surface area contributed by atoms with E-state index in [0.29, 0.717) is 35.4 Å². The Labute approximate surface area is 193 Å². The van der Waals surface area contributed by atoms with Crippen molar-refractivity contribution >= 4 is 44.7 Å². The highest BCUT2D eigenvalue weighted by Crippen LogP contribution is 2.38. The van der Waals surface area contributed by atoms with Crippen molar-refractivity contribution in [3.8, 4) is 11.5 Å². The van der Waals surface area contributed by atoms with E-state index < -0.39 is 0 Å². The molecule has 7 nitrogen and oxygen atoms in total. The van der Waals surface area contributed by atoms with E-state index >= 15 is 0 Å². The van der Waals surface area contributed by atoms with Gasteiger partial charge < -0.3 is 9.47 Å². The molecule has 4 heterocycles. The smallest absolute Gasteiger partial charge is 0.197 e. The number of thiophene rings is 1. The Balaban J connectivity index is 1.33. The first-order valence-corrected chi connectivity index (χ1v) is 12.8. The van der Waals surface area contributed by atoms with Gasteiger partial charge in [0.2, 0.25) is 0 Å². The third kappa shape index (κ3) is 3.26. The molecule has 164 valence electrons. The van der Waals surface area contributed by atoms with Crippen LogP contribution in [0, 0.1) is 0 Å². The van der Waals surface area contributed by atoms with E-state index in [2.05, 4.69) is 17.1 Å². The lowest BCUT2D eigenvalue weighted by molar-refractivity contribution is 0.102. The maximum atomic E-state index is 12.9. The third-order valence-corrected chi connectivity index (χ3v) is 8.13. The van der Waals surface area contributed by atoms with E-state index in [-0.39, 0.29) is 11.5 Å². The van der Waals surface area contributed by atoms with Crippen LogP contribution in [-0.2, 0) is 19.3 Å². The molecule has 0 amide bonds. The lowest BCUT2D eigenvalue weighted by atomic mass is 9.97. The van der Waals surface area contributed by atoms with Crippen LogP contribution in [0.3, 0.4) is 0 Å². The Kier molecular flexibility index (Phi) is 5.02. The second-order valence-corrected chi connectivity index (χ2v) is 10.0. The molecule has 1 aliphatic heterocycles. The van der Waals surface area contributed by atoms with Gasteiger partial charge in [-0.3, -0.25) is 9.20 Å². The number of carbonyl (C=O) groups excluding carboxylic acids is 1. The van der Waals surface area contributed by atoms with Crippen LogP contribution in [0.15, 0.2) is 23.4 Å². The number of Topliss-reactive ketones (excluding diaryl/α,β-unsaturated/α-hetero) is 1. The number of rotatable bonds is 5. The Morgan fingerprint density at radius 1 is 1.16 bits per heavy atom. The van der Waals surface area contributed by atoms with Crippen LogP contribution in [0.2, 0.25) is 0 Å². The molecule has 0 bridgehead atoms. The average molecular weight is 467 g/mol. The minimum Gasteiger partial charge on any atom is -0.486 e. The highest BCUT2D eigenvalue weighted by Gasteiger charge is 2.24. The predicted molar refractivity (Wildman–Crippen MR) is 125 cm³/mol. The second-order valence-electron chi connectivity index (χ2n) is 7.98. The van der Waals surface area contributed by atoms with Crippen molar-refractivity contribution < 1.29 is 14.3 Å². The molecule has 0 radical (unpaired) electrons. The van der Waals surface area contributed by atoms with Crippen molar-refractivity contribution in [2.45, 2.75) is 44.2 Å². The van der Waals surface area contributed by atoms with Gasteiger partial charge in [0.05, 0.1) is 11.1 Å². The van der Waals surface area contributed by atoms with E-state index in [0.717, 1.165) is 41.0 Å². The van der Waals surface area contributed by atoms with Gasteiger partial charge in [-0.05, 0) is 49.4 Å². The highest BCUT2D eigenvalue weighted by molar-refractivity contribution is 7.99. The van der Waals surface area contributed by atoms with E-state index in [1.54, 1.807) is 29.5 Å². The van der Waals surface area contributed by atoms with Gasteiger partial charge in [-0.1, -0.05) is 18.7 Å². The zero-order chi connectivity index (χ0) is 21.7. The first-order valence-electron chi connectivity index (χ1n) is 11.0. The number of aromatic nitrogens is 4. The quantitative estimate of drug-likeness (QED) is 0.316. The van der Waals surface area contributed by atoms with E-state index in [1.807, 2.05) is 4.40 Å². The summed E-state index contributed by atoms with van der Waals surface area (Å²) in [5.74, 6) is 2.53. The molecular formula is C23H22N4O3S2. The lowest BCUT2D eigenvalue weighted by Gasteiger charge is -2.18. The molecule has 3 aromatic heterocycles. The largest absolute Gasteiger partial charge is 0.486 e. The fourth-order valence-corrected chi connectivity index (χ4v) is 6.57. The molecule has 9 heteroatoms. The van der Waals surface area contributed by atoms with Gasteiger partial charge in [0.25, 0.3) is 0 Å². The number of benzene rings is 1.